The fourth-order valence-corrected chi connectivity index (χ4v) is 8.30. The molecular weight excluding hydrogens is 671 g/mol. The van der Waals surface area contributed by atoms with E-state index in [-0.39, 0.29) is 5.92 Å². The highest BCUT2D eigenvalue weighted by atomic mass is 16.3. The van der Waals surface area contributed by atoms with E-state index in [2.05, 4.69) is 164 Å². The molecule has 0 aliphatic heterocycles. The van der Waals surface area contributed by atoms with E-state index < -0.39 is 0 Å². The van der Waals surface area contributed by atoms with Crippen molar-refractivity contribution in [3.05, 3.63) is 199 Å². The molecule has 2 aliphatic rings. The SMILES string of the molecule is C1=CC2C=Cc3ccccc3C2C=C1c1nc(-c2cccc(-c3ccccc3)c2)nc(-c2ccc3cc(-c4cccc5oc6ccccc6c45)ccc3c2)n1. The molecule has 0 spiro atoms. The maximum Gasteiger partial charge on any atom is 0.164 e. The fraction of sp³-hybridized carbons (Fsp3) is 0.0392. The molecule has 258 valence electrons. The van der Waals surface area contributed by atoms with Crippen molar-refractivity contribution in [2.45, 2.75) is 5.92 Å². The third-order valence-corrected chi connectivity index (χ3v) is 11.1. The normalized spacial score (nSPS) is 16.0. The van der Waals surface area contributed by atoms with Crippen molar-refractivity contribution in [2.75, 3.05) is 0 Å². The fourth-order valence-electron chi connectivity index (χ4n) is 8.30. The number of aromatic nitrogens is 3. The van der Waals surface area contributed by atoms with Gasteiger partial charge in [-0.3, -0.25) is 0 Å². The summed E-state index contributed by atoms with van der Waals surface area (Å²) in [6.45, 7) is 0. The number of fused-ring (bicyclic) bond motifs is 7. The average molecular weight is 704 g/mol. The number of rotatable bonds is 5. The molecule has 11 rings (SSSR count). The maximum atomic E-state index is 6.20. The first-order chi connectivity index (χ1) is 27.2. The van der Waals surface area contributed by atoms with Gasteiger partial charge < -0.3 is 4.42 Å². The van der Waals surface area contributed by atoms with E-state index in [1.165, 1.54) is 11.1 Å². The molecule has 0 saturated heterocycles. The Labute approximate surface area is 318 Å². The van der Waals surface area contributed by atoms with Gasteiger partial charge in [0, 0.05) is 39.3 Å². The van der Waals surface area contributed by atoms with E-state index in [9.17, 15) is 0 Å². The van der Waals surface area contributed by atoms with Gasteiger partial charge in [0.2, 0.25) is 0 Å². The lowest BCUT2D eigenvalue weighted by Gasteiger charge is -2.28. The zero-order valence-corrected chi connectivity index (χ0v) is 29.8. The number of hydrogen-bond acceptors (Lipinski definition) is 4. The number of benzene rings is 7. The Bertz CT molecular complexity index is 3060. The first-order valence-electron chi connectivity index (χ1n) is 18.8. The zero-order chi connectivity index (χ0) is 36.3. The highest BCUT2D eigenvalue weighted by Crippen LogP contribution is 2.42. The second-order valence-electron chi connectivity index (χ2n) is 14.4. The molecule has 0 radical (unpaired) electrons. The van der Waals surface area contributed by atoms with Crippen molar-refractivity contribution in [1.82, 2.24) is 15.0 Å². The van der Waals surface area contributed by atoms with E-state index in [1.807, 2.05) is 24.3 Å². The van der Waals surface area contributed by atoms with Crippen molar-refractivity contribution in [3.8, 4) is 45.0 Å². The molecule has 0 N–H and O–H groups in total. The Hall–Kier alpha value is -7.17. The summed E-state index contributed by atoms with van der Waals surface area (Å²) in [7, 11) is 0. The number of para-hydroxylation sites is 1. The quantitative estimate of drug-likeness (QED) is 0.179. The van der Waals surface area contributed by atoms with Gasteiger partial charge >= 0.3 is 0 Å². The van der Waals surface area contributed by atoms with Crippen LogP contribution in [-0.4, -0.2) is 15.0 Å². The lowest BCUT2D eigenvalue weighted by Crippen LogP contribution is -2.15. The van der Waals surface area contributed by atoms with Gasteiger partial charge in [-0.05, 0) is 74.5 Å². The zero-order valence-electron chi connectivity index (χ0n) is 29.8. The van der Waals surface area contributed by atoms with Crippen LogP contribution < -0.4 is 0 Å². The minimum atomic E-state index is 0.215. The Balaban J connectivity index is 1.03. The van der Waals surface area contributed by atoms with Crippen LogP contribution in [0.2, 0.25) is 0 Å². The number of allylic oxidation sites excluding steroid dienone is 5. The summed E-state index contributed by atoms with van der Waals surface area (Å²) < 4.78 is 6.20. The highest BCUT2D eigenvalue weighted by molar-refractivity contribution is 6.13. The third kappa shape index (κ3) is 5.50. The molecule has 4 heteroatoms. The van der Waals surface area contributed by atoms with Crippen LogP contribution in [0.15, 0.2) is 186 Å². The number of nitrogens with zero attached hydrogens (tertiary/aromatic N) is 3. The first kappa shape index (κ1) is 31.4. The molecule has 9 aromatic rings. The molecule has 2 atom stereocenters. The molecule has 0 amide bonds. The topological polar surface area (TPSA) is 51.8 Å². The van der Waals surface area contributed by atoms with Gasteiger partial charge in [0.05, 0.1) is 0 Å². The van der Waals surface area contributed by atoms with E-state index in [0.29, 0.717) is 23.4 Å². The predicted molar refractivity (Wildman–Crippen MR) is 225 cm³/mol. The van der Waals surface area contributed by atoms with Crippen LogP contribution in [0.4, 0.5) is 0 Å². The number of hydrogen-bond donors (Lipinski definition) is 0. The predicted octanol–water partition coefficient (Wildman–Crippen LogP) is 13.0. The summed E-state index contributed by atoms with van der Waals surface area (Å²) in [4.78, 5) is 15.5. The molecule has 0 fully saturated rings. The van der Waals surface area contributed by atoms with Crippen molar-refractivity contribution in [1.29, 1.82) is 0 Å². The lowest BCUT2D eigenvalue weighted by molar-refractivity contribution is 0.669. The van der Waals surface area contributed by atoms with E-state index in [1.54, 1.807) is 0 Å². The van der Waals surface area contributed by atoms with Crippen molar-refractivity contribution >= 4 is 44.4 Å². The second-order valence-corrected chi connectivity index (χ2v) is 14.4. The van der Waals surface area contributed by atoms with Crippen LogP contribution in [0, 0.1) is 5.92 Å². The van der Waals surface area contributed by atoms with E-state index in [0.717, 1.165) is 71.7 Å². The molecule has 2 aliphatic carbocycles. The van der Waals surface area contributed by atoms with Crippen LogP contribution in [0.5, 0.6) is 0 Å². The molecule has 7 aromatic carbocycles. The van der Waals surface area contributed by atoms with Crippen LogP contribution in [0.25, 0.3) is 89.4 Å². The Morgan fingerprint density at radius 2 is 1.11 bits per heavy atom. The van der Waals surface area contributed by atoms with E-state index >= 15 is 0 Å². The molecule has 0 bridgehead atoms. The standard InChI is InChI=1S/C51H33N3O/c1-2-10-32(11-3-1)35-13-8-14-39(29-35)49-52-50(54-51(53-49)41-26-22-34-21-20-33-12-4-5-15-42(33)45(34)31-41)40-27-24-36-28-38(25-23-37(36)30-40)43-17-9-19-47-48(43)44-16-6-7-18-46(44)55-47/h1-31,34,45H. The van der Waals surface area contributed by atoms with Gasteiger partial charge in [-0.25, -0.2) is 15.0 Å². The third-order valence-electron chi connectivity index (χ3n) is 11.1. The van der Waals surface area contributed by atoms with E-state index in [4.69, 9.17) is 19.4 Å². The van der Waals surface area contributed by atoms with Crippen molar-refractivity contribution in [2.24, 2.45) is 5.92 Å². The average Bonchev–Trinajstić information content (AvgIpc) is 3.65. The first-order valence-corrected chi connectivity index (χ1v) is 18.8. The van der Waals surface area contributed by atoms with Crippen LogP contribution in [0.1, 0.15) is 22.9 Å². The summed E-state index contributed by atoms with van der Waals surface area (Å²) in [6.07, 6.45) is 11.3. The Morgan fingerprint density at radius 1 is 0.455 bits per heavy atom. The molecule has 55 heavy (non-hydrogen) atoms. The van der Waals surface area contributed by atoms with Crippen LogP contribution in [0.3, 0.4) is 0 Å². The second kappa shape index (κ2) is 12.8. The molecule has 2 aromatic heterocycles. The van der Waals surface area contributed by atoms with Gasteiger partial charge in [0.25, 0.3) is 0 Å². The maximum absolute atomic E-state index is 6.20. The molecular formula is C51H33N3O. The summed E-state index contributed by atoms with van der Waals surface area (Å²) in [5.74, 6) is 2.47. The monoisotopic (exact) mass is 703 g/mol. The lowest BCUT2D eigenvalue weighted by atomic mass is 9.76. The van der Waals surface area contributed by atoms with Gasteiger partial charge in [0.1, 0.15) is 11.2 Å². The molecule has 2 heterocycles. The molecule has 4 nitrogen and oxygen atoms in total. The smallest absolute Gasteiger partial charge is 0.164 e. The summed E-state index contributed by atoms with van der Waals surface area (Å²) in [5.41, 5.74) is 11.8. The Kier molecular flexibility index (Phi) is 7.27. The summed E-state index contributed by atoms with van der Waals surface area (Å²) in [5, 5.41) is 4.53. The minimum Gasteiger partial charge on any atom is -0.456 e. The Morgan fingerprint density at radius 3 is 2.00 bits per heavy atom. The van der Waals surface area contributed by atoms with Gasteiger partial charge in [-0.1, -0.05) is 158 Å². The van der Waals surface area contributed by atoms with Gasteiger partial charge in [-0.2, -0.15) is 0 Å². The van der Waals surface area contributed by atoms with Crippen LogP contribution >= 0.6 is 0 Å². The summed E-state index contributed by atoms with van der Waals surface area (Å²) >= 11 is 0. The minimum absolute atomic E-state index is 0.215. The number of furan rings is 1. The van der Waals surface area contributed by atoms with Crippen LogP contribution in [-0.2, 0) is 0 Å². The highest BCUT2D eigenvalue weighted by Gasteiger charge is 2.27. The van der Waals surface area contributed by atoms with Crippen molar-refractivity contribution < 1.29 is 4.42 Å². The largest absolute Gasteiger partial charge is 0.456 e. The van der Waals surface area contributed by atoms with Gasteiger partial charge in [-0.15, -0.1) is 0 Å². The summed E-state index contributed by atoms with van der Waals surface area (Å²) in [6, 6.07) is 55.3. The molecule has 0 saturated carbocycles. The van der Waals surface area contributed by atoms with Gasteiger partial charge in [0.15, 0.2) is 17.5 Å². The molecule has 2 unspecified atom stereocenters. The van der Waals surface area contributed by atoms with Crippen molar-refractivity contribution in [3.63, 3.8) is 0 Å².